The van der Waals surface area contributed by atoms with Gasteiger partial charge in [-0.25, -0.2) is 0 Å². The van der Waals surface area contributed by atoms with Crippen molar-refractivity contribution >= 4 is 5.91 Å². The largest absolute Gasteiger partial charge is 0.381 e. The van der Waals surface area contributed by atoms with Crippen molar-refractivity contribution < 1.29 is 9.53 Å². The second kappa shape index (κ2) is 6.51. The second-order valence-electron chi connectivity index (χ2n) is 4.51. The van der Waals surface area contributed by atoms with Crippen LogP contribution in [0.2, 0.25) is 0 Å². The van der Waals surface area contributed by atoms with Gasteiger partial charge in [-0.05, 0) is 18.3 Å². The van der Waals surface area contributed by atoms with Crippen molar-refractivity contribution in [2.24, 2.45) is 5.41 Å². The number of amides is 1. The van der Waals surface area contributed by atoms with Crippen LogP contribution in [-0.4, -0.2) is 38.8 Å². The molecule has 0 bridgehead atoms. The lowest BCUT2D eigenvalue weighted by Gasteiger charge is -2.33. The summed E-state index contributed by atoms with van der Waals surface area (Å²) in [7, 11) is 0. The first-order valence-electron chi connectivity index (χ1n) is 5.65. The zero-order valence-corrected chi connectivity index (χ0v) is 9.84. The first kappa shape index (κ1) is 13.0. The summed E-state index contributed by atoms with van der Waals surface area (Å²) in [6.07, 6.45) is 7.08. The molecule has 4 nitrogen and oxygen atoms in total. The van der Waals surface area contributed by atoms with Crippen molar-refractivity contribution in [1.82, 2.24) is 10.6 Å². The first-order valence-corrected chi connectivity index (χ1v) is 5.65. The molecule has 1 amide bonds. The van der Waals surface area contributed by atoms with E-state index in [-0.39, 0.29) is 17.9 Å². The van der Waals surface area contributed by atoms with E-state index in [9.17, 15) is 4.79 Å². The maximum Gasteiger partial charge on any atom is 0.234 e. The highest BCUT2D eigenvalue weighted by atomic mass is 16.5. The standard InChI is InChI=1S/C12H20N2O2/c1-3-6-13-9-11(15)14-10-12(2)4-7-16-8-5-12/h1,13H,4-10H2,2H3,(H,14,15). The lowest BCUT2D eigenvalue weighted by Crippen LogP contribution is -2.42. The van der Waals surface area contributed by atoms with Gasteiger partial charge < -0.3 is 10.1 Å². The Morgan fingerprint density at radius 2 is 2.19 bits per heavy atom. The average Bonchev–Trinajstić information content (AvgIpc) is 2.28. The van der Waals surface area contributed by atoms with Crippen LogP contribution in [0.4, 0.5) is 0 Å². The third kappa shape index (κ3) is 4.65. The summed E-state index contributed by atoms with van der Waals surface area (Å²) in [5.41, 5.74) is 0.181. The molecule has 2 N–H and O–H groups in total. The Bertz CT molecular complexity index is 265. The molecule has 16 heavy (non-hydrogen) atoms. The van der Waals surface area contributed by atoms with E-state index in [2.05, 4.69) is 23.5 Å². The van der Waals surface area contributed by atoms with E-state index in [0.29, 0.717) is 13.1 Å². The highest BCUT2D eigenvalue weighted by Crippen LogP contribution is 2.28. The fraction of sp³-hybridized carbons (Fsp3) is 0.750. The Balaban J connectivity index is 2.17. The second-order valence-corrected chi connectivity index (χ2v) is 4.51. The van der Waals surface area contributed by atoms with Gasteiger partial charge in [0.05, 0.1) is 13.1 Å². The molecule has 0 aliphatic carbocycles. The van der Waals surface area contributed by atoms with Crippen molar-refractivity contribution in [3.8, 4) is 12.3 Å². The van der Waals surface area contributed by atoms with Gasteiger partial charge in [0.2, 0.25) is 5.91 Å². The van der Waals surface area contributed by atoms with Crippen LogP contribution in [0.25, 0.3) is 0 Å². The summed E-state index contributed by atoms with van der Waals surface area (Å²) in [5, 5.41) is 5.79. The number of hydrogen-bond donors (Lipinski definition) is 2. The molecule has 0 aromatic rings. The van der Waals surface area contributed by atoms with Gasteiger partial charge in [0.25, 0.3) is 0 Å². The zero-order chi connectivity index (χ0) is 11.9. The molecule has 1 heterocycles. The van der Waals surface area contributed by atoms with E-state index in [1.165, 1.54) is 0 Å². The number of terminal acetylenes is 1. The van der Waals surface area contributed by atoms with Gasteiger partial charge in [-0.15, -0.1) is 6.42 Å². The summed E-state index contributed by atoms with van der Waals surface area (Å²) in [4.78, 5) is 11.4. The van der Waals surface area contributed by atoms with Crippen LogP contribution in [-0.2, 0) is 9.53 Å². The van der Waals surface area contributed by atoms with Crippen LogP contribution >= 0.6 is 0 Å². The van der Waals surface area contributed by atoms with Crippen LogP contribution in [0.3, 0.4) is 0 Å². The van der Waals surface area contributed by atoms with E-state index in [1.54, 1.807) is 0 Å². The summed E-state index contributed by atoms with van der Waals surface area (Å²) in [6, 6.07) is 0. The van der Waals surface area contributed by atoms with Gasteiger partial charge in [0.1, 0.15) is 0 Å². The van der Waals surface area contributed by atoms with E-state index < -0.39 is 0 Å². The molecular formula is C12H20N2O2. The first-order chi connectivity index (χ1) is 7.66. The highest BCUT2D eigenvalue weighted by Gasteiger charge is 2.27. The van der Waals surface area contributed by atoms with Crippen molar-refractivity contribution in [3.63, 3.8) is 0 Å². The highest BCUT2D eigenvalue weighted by molar-refractivity contribution is 5.78. The van der Waals surface area contributed by atoms with Crippen LogP contribution < -0.4 is 10.6 Å². The summed E-state index contributed by atoms with van der Waals surface area (Å²) in [5.74, 6) is 2.43. The molecule has 0 aromatic carbocycles. The molecule has 0 radical (unpaired) electrons. The number of ether oxygens (including phenoxy) is 1. The fourth-order valence-electron chi connectivity index (χ4n) is 1.66. The minimum Gasteiger partial charge on any atom is -0.381 e. The number of nitrogens with one attached hydrogen (secondary N) is 2. The molecule has 90 valence electrons. The molecule has 1 aliphatic heterocycles. The summed E-state index contributed by atoms with van der Waals surface area (Å²) >= 11 is 0. The van der Waals surface area contributed by atoms with Crippen LogP contribution in [0.1, 0.15) is 19.8 Å². The normalized spacial score (nSPS) is 18.8. The van der Waals surface area contributed by atoms with Crippen molar-refractivity contribution in [3.05, 3.63) is 0 Å². The van der Waals surface area contributed by atoms with Gasteiger partial charge in [0.15, 0.2) is 0 Å². The molecule has 1 fully saturated rings. The minimum absolute atomic E-state index is 0.00275. The Morgan fingerprint density at radius 3 is 2.81 bits per heavy atom. The minimum atomic E-state index is 0.00275. The molecule has 1 rings (SSSR count). The van der Waals surface area contributed by atoms with Gasteiger partial charge in [-0.2, -0.15) is 0 Å². The van der Waals surface area contributed by atoms with Crippen LogP contribution in [0.5, 0.6) is 0 Å². The van der Waals surface area contributed by atoms with Crippen LogP contribution in [0.15, 0.2) is 0 Å². The van der Waals surface area contributed by atoms with Gasteiger partial charge >= 0.3 is 0 Å². The quantitative estimate of drug-likeness (QED) is 0.516. The number of rotatable bonds is 5. The van der Waals surface area contributed by atoms with Gasteiger partial charge in [-0.1, -0.05) is 12.8 Å². The number of carbonyl (C=O) groups excluding carboxylic acids is 1. The maximum absolute atomic E-state index is 11.4. The molecule has 0 unspecified atom stereocenters. The topological polar surface area (TPSA) is 50.4 Å². The van der Waals surface area contributed by atoms with E-state index in [0.717, 1.165) is 26.1 Å². The van der Waals surface area contributed by atoms with Crippen LogP contribution in [0, 0.1) is 17.8 Å². The molecule has 0 saturated carbocycles. The Hall–Kier alpha value is -1.05. The van der Waals surface area contributed by atoms with Crippen molar-refractivity contribution in [1.29, 1.82) is 0 Å². The summed E-state index contributed by atoms with van der Waals surface area (Å²) < 4.78 is 5.30. The van der Waals surface area contributed by atoms with E-state index >= 15 is 0 Å². The molecule has 0 spiro atoms. The van der Waals surface area contributed by atoms with Gasteiger partial charge in [-0.3, -0.25) is 10.1 Å². The fourth-order valence-corrected chi connectivity index (χ4v) is 1.66. The molecular weight excluding hydrogens is 204 g/mol. The molecule has 0 aromatic heterocycles. The Kier molecular flexibility index (Phi) is 5.30. The predicted octanol–water partition coefficient (Wildman–Crippen LogP) is 0.142. The smallest absolute Gasteiger partial charge is 0.234 e. The third-order valence-electron chi connectivity index (χ3n) is 2.92. The van der Waals surface area contributed by atoms with Crippen molar-refractivity contribution in [2.75, 3.05) is 32.8 Å². The van der Waals surface area contributed by atoms with E-state index in [4.69, 9.17) is 11.2 Å². The zero-order valence-electron chi connectivity index (χ0n) is 9.84. The number of hydrogen-bond acceptors (Lipinski definition) is 3. The lowest BCUT2D eigenvalue weighted by molar-refractivity contribution is -0.121. The third-order valence-corrected chi connectivity index (χ3v) is 2.92. The lowest BCUT2D eigenvalue weighted by atomic mass is 9.82. The van der Waals surface area contributed by atoms with Gasteiger partial charge in [0, 0.05) is 19.8 Å². The molecule has 4 heteroatoms. The Morgan fingerprint density at radius 1 is 1.50 bits per heavy atom. The molecule has 1 saturated heterocycles. The van der Waals surface area contributed by atoms with Crippen molar-refractivity contribution in [2.45, 2.75) is 19.8 Å². The maximum atomic E-state index is 11.4. The molecule has 1 aliphatic rings. The average molecular weight is 224 g/mol. The number of carbonyl (C=O) groups is 1. The Labute approximate surface area is 97.1 Å². The summed E-state index contributed by atoms with van der Waals surface area (Å²) in [6.45, 7) is 5.20. The van der Waals surface area contributed by atoms with E-state index in [1.807, 2.05) is 0 Å². The SMILES string of the molecule is C#CCNCC(=O)NCC1(C)CCOCC1. The predicted molar refractivity (Wildman–Crippen MR) is 62.9 cm³/mol. The monoisotopic (exact) mass is 224 g/mol. The molecule has 0 atom stereocenters.